The number of ether oxygens (including phenoxy) is 1. The van der Waals surface area contributed by atoms with E-state index >= 15 is 0 Å². The first-order valence-electron chi connectivity index (χ1n) is 10.7. The molecule has 3 rings (SSSR count). The first-order chi connectivity index (χ1) is 14.5. The van der Waals surface area contributed by atoms with Gasteiger partial charge in [0.25, 0.3) is 0 Å². The number of nitrogens with one attached hydrogen (secondary N) is 1. The third-order valence-electron chi connectivity index (χ3n) is 5.60. The van der Waals surface area contributed by atoms with E-state index in [1.165, 1.54) is 27.3 Å². The predicted octanol–water partition coefficient (Wildman–Crippen LogP) is 5.56. The number of hydrogen-bond acceptors (Lipinski definition) is 2. The summed E-state index contributed by atoms with van der Waals surface area (Å²) in [6.07, 6.45) is 1.13. The van der Waals surface area contributed by atoms with Crippen molar-refractivity contribution in [3.8, 4) is 5.75 Å². The molecule has 3 heteroatoms. The molecule has 30 heavy (non-hydrogen) atoms. The summed E-state index contributed by atoms with van der Waals surface area (Å²) in [5, 5.41) is 6.75. The quantitative estimate of drug-likeness (QED) is 0.459. The molecule has 1 atom stereocenters. The van der Waals surface area contributed by atoms with E-state index in [0.29, 0.717) is 12.0 Å². The highest BCUT2D eigenvalue weighted by molar-refractivity contribution is 7.73. The fourth-order valence-corrected chi connectivity index (χ4v) is 6.19. The van der Waals surface area contributed by atoms with E-state index in [-0.39, 0.29) is 0 Å². The first kappa shape index (κ1) is 22.5. The third kappa shape index (κ3) is 6.17. The molecule has 0 saturated heterocycles. The summed E-state index contributed by atoms with van der Waals surface area (Å²) in [5.41, 5.74) is 3.92. The molecule has 0 aliphatic carbocycles. The maximum Gasteiger partial charge on any atom is 0.118 e. The van der Waals surface area contributed by atoms with Crippen molar-refractivity contribution in [3.05, 3.63) is 89.5 Å². The average molecular weight is 420 g/mol. The molecule has 0 aliphatic heterocycles. The molecule has 0 saturated carbocycles. The van der Waals surface area contributed by atoms with Gasteiger partial charge in [-0.15, -0.1) is 0 Å². The molecule has 0 unspecified atom stereocenters. The minimum Gasteiger partial charge on any atom is -0.497 e. The zero-order chi connectivity index (χ0) is 21.5. The molecule has 0 amide bonds. The van der Waals surface area contributed by atoms with E-state index in [2.05, 4.69) is 93.7 Å². The Balaban J connectivity index is 1.79. The summed E-state index contributed by atoms with van der Waals surface area (Å²) in [5.74, 6) is 1.46. The molecular formula is C27H34NOP. The van der Waals surface area contributed by atoms with Crippen LogP contribution in [0.3, 0.4) is 0 Å². The molecule has 0 bridgehead atoms. The van der Waals surface area contributed by atoms with Crippen molar-refractivity contribution in [1.29, 1.82) is 0 Å². The van der Waals surface area contributed by atoms with Crippen LogP contribution in [0.5, 0.6) is 5.75 Å². The standard InChI is InChI=1S/C27H34NOP/c1-20(2)27(28-18-23-10-12-24(29-5)13-11-23)19-30(25-14-6-21(3)7-15-25)26-16-8-22(4)9-17-26/h6-17,20,27-28H,18-19H2,1-5H3/t27-/m1/s1. The van der Waals surface area contributed by atoms with Crippen molar-refractivity contribution in [2.45, 2.75) is 40.3 Å². The molecule has 2 nitrogen and oxygen atoms in total. The summed E-state index contributed by atoms with van der Waals surface area (Å²) in [6.45, 7) is 9.83. The number of benzene rings is 3. The van der Waals surface area contributed by atoms with Gasteiger partial charge >= 0.3 is 0 Å². The van der Waals surface area contributed by atoms with E-state index in [0.717, 1.165) is 18.5 Å². The minimum absolute atomic E-state index is 0.418. The lowest BCUT2D eigenvalue weighted by Crippen LogP contribution is -2.38. The van der Waals surface area contributed by atoms with Gasteiger partial charge < -0.3 is 10.1 Å². The van der Waals surface area contributed by atoms with E-state index in [1.54, 1.807) is 7.11 Å². The van der Waals surface area contributed by atoms with E-state index in [9.17, 15) is 0 Å². The Morgan fingerprint density at radius 3 is 1.70 bits per heavy atom. The highest BCUT2D eigenvalue weighted by atomic mass is 31.1. The Morgan fingerprint density at radius 1 is 0.767 bits per heavy atom. The Hall–Kier alpha value is -2.15. The zero-order valence-corrected chi connectivity index (χ0v) is 19.7. The van der Waals surface area contributed by atoms with Gasteiger partial charge in [-0.2, -0.15) is 0 Å². The van der Waals surface area contributed by atoms with Crippen LogP contribution in [0.15, 0.2) is 72.8 Å². The highest BCUT2D eigenvalue weighted by Gasteiger charge is 2.22. The monoisotopic (exact) mass is 419 g/mol. The van der Waals surface area contributed by atoms with E-state index in [4.69, 9.17) is 4.74 Å². The summed E-state index contributed by atoms with van der Waals surface area (Å²) >= 11 is 0. The normalized spacial score (nSPS) is 12.4. The van der Waals surface area contributed by atoms with Gasteiger partial charge in [-0.05, 0) is 62.2 Å². The van der Waals surface area contributed by atoms with Crippen LogP contribution in [0, 0.1) is 19.8 Å². The van der Waals surface area contributed by atoms with Crippen molar-refractivity contribution in [3.63, 3.8) is 0 Å². The van der Waals surface area contributed by atoms with Gasteiger partial charge in [0.1, 0.15) is 5.75 Å². The van der Waals surface area contributed by atoms with Crippen LogP contribution in [0.2, 0.25) is 0 Å². The molecule has 0 heterocycles. The van der Waals surface area contributed by atoms with Crippen LogP contribution in [-0.4, -0.2) is 19.3 Å². The Morgan fingerprint density at radius 2 is 1.27 bits per heavy atom. The minimum atomic E-state index is -0.418. The van der Waals surface area contributed by atoms with Crippen LogP contribution >= 0.6 is 7.92 Å². The topological polar surface area (TPSA) is 21.3 Å². The van der Waals surface area contributed by atoms with Crippen LogP contribution in [0.25, 0.3) is 0 Å². The van der Waals surface area contributed by atoms with Gasteiger partial charge in [-0.1, -0.05) is 85.6 Å². The Kier molecular flexibility index (Phi) is 8.08. The van der Waals surface area contributed by atoms with Crippen molar-refractivity contribution < 1.29 is 4.74 Å². The molecular weight excluding hydrogens is 385 g/mol. The summed E-state index contributed by atoms with van der Waals surface area (Å²) in [7, 11) is 1.29. The molecule has 0 spiro atoms. The fraction of sp³-hybridized carbons (Fsp3) is 0.333. The van der Waals surface area contributed by atoms with Gasteiger partial charge in [0, 0.05) is 12.6 Å². The van der Waals surface area contributed by atoms with E-state index < -0.39 is 7.92 Å². The summed E-state index contributed by atoms with van der Waals surface area (Å²) in [4.78, 5) is 0. The molecule has 0 radical (unpaired) electrons. The SMILES string of the molecule is COc1ccc(CN[C@H](CP(c2ccc(C)cc2)c2ccc(C)cc2)C(C)C)cc1. The smallest absolute Gasteiger partial charge is 0.118 e. The second-order valence-corrected chi connectivity index (χ2v) is 10.6. The zero-order valence-electron chi connectivity index (χ0n) is 18.9. The molecule has 0 aromatic heterocycles. The second-order valence-electron chi connectivity index (χ2n) is 8.36. The lowest BCUT2D eigenvalue weighted by molar-refractivity contribution is 0.413. The van der Waals surface area contributed by atoms with Crippen LogP contribution in [0.1, 0.15) is 30.5 Å². The lowest BCUT2D eigenvalue weighted by atomic mass is 10.1. The van der Waals surface area contributed by atoms with E-state index in [1.807, 2.05) is 12.1 Å². The summed E-state index contributed by atoms with van der Waals surface area (Å²) < 4.78 is 5.28. The molecule has 158 valence electrons. The van der Waals surface area contributed by atoms with Crippen molar-refractivity contribution >= 4 is 18.5 Å². The Bertz CT molecular complexity index is 856. The number of hydrogen-bond donors (Lipinski definition) is 1. The van der Waals surface area contributed by atoms with Gasteiger partial charge in [-0.25, -0.2) is 0 Å². The first-order valence-corrected chi connectivity index (χ1v) is 12.3. The number of aryl methyl sites for hydroxylation is 2. The summed E-state index contributed by atoms with van der Waals surface area (Å²) in [6, 6.07) is 27.1. The number of methoxy groups -OCH3 is 1. The van der Waals surface area contributed by atoms with Gasteiger partial charge in [0.2, 0.25) is 0 Å². The average Bonchev–Trinajstić information content (AvgIpc) is 2.76. The highest BCUT2D eigenvalue weighted by Crippen LogP contribution is 2.36. The van der Waals surface area contributed by atoms with Gasteiger partial charge in [0.15, 0.2) is 0 Å². The lowest BCUT2D eigenvalue weighted by Gasteiger charge is -2.29. The van der Waals surface area contributed by atoms with Gasteiger partial charge in [0.05, 0.1) is 7.11 Å². The molecule has 3 aromatic carbocycles. The Labute approximate surface area is 183 Å². The van der Waals surface area contributed by atoms with Crippen molar-refractivity contribution in [2.24, 2.45) is 5.92 Å². The van der Waals surface area contributed by atoms with Crippen molar-refractivity contribution in [1.82, 2.24) is 5.32 Å². The van der Waals surface area contributed by atoms with Crippen molar-refractivity contribution in [2.75, 3.05) is 13.3 Å². The van der Waals surface area contributed by atoms with Gasteiger partial charge in [-0.3, -0.25) is 0 Å². The largest absolute Gasteiger partial charge is 0.497 e. The van der Waals surface area contributed by atoms with Crippen LogP contribution < -0.4 is 20.7 Å². The molecule has 0 fully saturated rings. The maximum absolute atomic E-state index is 5.28. The second kappa shape index (κ2) is 10.8. The van der Waals surface area contributed by atoms with Crippen LogP contribution in [0.4, 0.5) is 0 Å². The number of rotatable bonds is 9. The molecule has 0 aliphatic rings. The molecule has 1 N–H and O–H groups in total. The third-order valence-corrected chi connectivity index (χ3v) is 8.20. The maximum atomic E-state index is 5.28. The molecule has 3 aromatic rings. The predicted molar refractivity (Wildman–Crippen MR) is 132 cm³/mol. The fourth-order valence-electron chi connectivity index (χ4n) is 3.51. The van der Waals surface area contributed by atoms with Crippen LogP contribution in [-0.2, 0) is 6.54 Å².